The first-order valence-corrected chi connectivity index (χ1v) is 12.4. The first-order chi connectivity index (χ1) is 15.4. The Hall–Kier alpha value is -2.96. The van der Waals surface area contributed by atoms with Gasteiger partial charge in [0.25, 0.3) is 0 Å². The molecule has 0 radical (unpaired) electrons. The van der Waals surface area contributed by atoms with Crippen LogP contribution in [0.2, 0.25) is 0 Å². The van der Waals surface area contributed by atoms with E-state index >= 15 is 0 Å². The lowest BCUT2D eigenvalue weighted by Gasteiger charge is -2.28. The third kappa shape index (κ3) is 5.09. The van der Waals surface area contributed by atoms with Crippen LogP contribution in [0.5, 0.6) is 0 Å². The lowest BCUT2D eigenvalue weighted by atomic mass is 9.88. The highest BCUT2D eigenvalue weighted by molar-refractivity contribution is 7.89. The highest BCUT2D eigenvalue weighted by atomic mass is 32.2. The van der Waals surface area contributed by atoms with E-state index in [4.69, 9.17) is 0 Å². The monoisotopic (exact) mass is 448 g/mol. The van der Waals surface area contributed by atoms with E-state index in [0.29, 0.717) is 0 Å². The van der Waals surface area contributed by atoms with Gasteiger partial charge in [-0.2, -0.15) is 4.31 Å². The van der Waals surface area contributed by atoms with Gasteiger partial charge in [-0.15, -0.1) is 0 Å². The Balaban J connectivity index is 1.57. The van der Waals surface area contributed by atoms with Crippen molar-refractivity contribution in [1.29, 1.82) is 0 Å². The van der Waals surface area contributed by atoms with Crippen molar-refractivity contribution in [3.05, 3.63) is 101 Å². The molecule has 0 saturated heterocycles. The Morgan fingerprint density at radius 1 is 1.00 bits per heavy atom. The molecule has 6 heteroatoms. The Morgan fingerprint density at radius 3 is 2.53 bits per heavy atom. The normalized spacial score (nSPS) is 15.9. The molecule has 0 bridgehead atoms. The predicted molar refractivity (Wildman–Crippen MR) is 125 cm³/mol. The highest BCUT2D eigenvalue weighted by Crippen LogP contribution is 2.29. The number of hydrogen-bond donors (Lipinski definition) is 1. The summed E-state index contributed by atoms with van der Waals surface area (Å²) in [6.07, 6.45) is 2.85. The molecule has 1 N–H and O–H groups in total. The Labute approximate surface area is 190 Å². The number of nitrogens with one attached hydrogen (secondary N) is 1. The lowest BCUT2D eigenvalue weighted by Crippen LogP contribution is -2.42. The van der Waals surface area contributed by atoms with Crippen LogP contribution in [0, 0.1) is 6.92 Å². The molecule has 1 amide bonds. The molecule has 0 heterocycles. The van der Waals surface area contributed by atoms with Gasteiger partial charge in [0.05, 0.1) is 17.5 Å². The summed E-state index contributed by atoms with van der Waals surface area (Å²) in [7, 11) is -3.85. The molecule has 3 aromatic carbocycles. The molecule has 3 aromatic rings. The van der Waals surface area contributed by atoms with E-state index in [2.05, 4.69) is 11.4 Å². The fourth-order valence-corrected chi connectivity index (χ4v) is 5.73. The maximum absolute atomic E-state index is 13.5. The van der Waals surface area contributed by atoms with E-state index < -0.39 is 10.0 Å². The standard InChI is InChI=1S/C26H28N2O3S/c1-20-9-7-14-23(17-20)32(30,31)28(18-21-10-3-2-4-11-21)19-26(29)27-25-16-8-13-22-12-5-6-15-24(22)25/h2-7,9-12,14-15,17,25H,8,13,16,18-19H2,1H3,(H,27,29)/t25-/m1/s1. The van der Waals surface area contributed by atoms with E-state index in [-0.39, 0.29) is 29.9 Å². The van der Waals surface area contributed by atoms with E-state index in [0.717, 1.165) is 36.0 Å². The summed E-state index contributed by atoms with van der Waals surface area (Å²) in [6.45, 7) is 1.75. The Kier molecular flexibility index (Phi) is 6.72. The zero-order valence-electron chi connectivity index (χ0n) is 18.2. The van der Waals surface area contributed by atoms with Crippen molar-refractivity contribution < 1.29 is 13.2 Å². The van der Waals surface area contributed by atoms with E-state index in [9.17, 15) is 13.2 Å². The predicted octanol–water partition coefficient (Wildman–Crippen LogP) is 4.38. The zero-order chi connectivity index (χ0) is 22.6. The van der Waals surface area contributed by atoms with Crippen molar-refractivity contribution in [3.63, 3.8) is 0 Å². The van der Waals surface area contributed by atoms with Crippen LogP contribution in [0.4, 0.5) is 0 Å². The lowest BCUT2D eigenvalue weighted by molar-refractivity contribution is -0.122. The molecule has 0 saturated carbocycles. The van der Waals surface area contributed by atoms with E-state index in [1.165, 1.54) is 9.87 Å². The van der Waals surface area contributed by atoms with Crippen LogP contribution in [0.25, 0.3) is 0 Å². The average Bonchev–Trinajstić information content (AvgIpc) is 2.79. The van der Waals surface area contributed by atoms with Crippen LogP contribution in [-0.2, 0) is 27.8 Å². The van der Waals surface area contributed by atoms with Gasteiger partial charge in [-0.3, -0.25) is 4.79 Å². The Morgan fingerprint density at radius 2 is 1.75 bits per heavy atom. The van der Waals surface area contributed by atoms with E-state index in [1.54, 1.807) is 18.2 Å². The minimum absolute atomic E-state index is 0.0901. The molecule has 0 aromatic heterocycles. The molecule has 4 rings (SSSR count). The van der Waals surface area contributed by atoms with E-state index in [1.807, 2.05) is 61.5 Å². The summed E-state index contributed by atoms with van der Waals surface area (Å²) < 4.78 is 28.2. The minimum Gasteiger partial charge on any atom is -0.348 e. The van der Waals surface area contributed by atoms with Crippen LogP contribution in [0.3, 0.4) is 0 Å². The largest absolute Gasteiger partial charge is 0.348 e. The smallest absolute Gasteiger partial charge is 0.243 e. The van der Waals surface area contributed by atoms with Crippen LogP contribution in [-0.4, -0.2) is 25.2 Å². The van der Waals surface area contributed by atoms with Gasteiger partial charge >= 0.3 is 0 Å². The van der Waals surface area contributed by atoms with Crippen LogP contribution >= 0.6 is 0 Å². The van der Waals surface area contributed by atoms with Crippen LogP contribution < -0.4 is 5.32 Å². The molecule has 0 aliphatic heterocycles. The quantitative estimate of drug-likeness (QED) is 0.583. The first-order valence-electron chi connectivity index (χ1n) is 10.9. The summed E-state index contributed by atoms with van der Waals surface area (Å²) in [6, 6.07) is 24.2. The molecule has 32 heavy (non-hydrogen) atoms. The summed E-state index contributed by atoms with van der Waals surface area (Å²) in [5, 5.41) is 3.08. The van der Waals surface area contributed by atoms with Gasteiger partial charge in [-0.05, 0) is 60.6 Å². The van der Waals surface area contributed by atoms with Crippen molar-refractivity contribution in [3.8, 4) is 0 Å². The van der Waals surface area contributed by atoms with Gasteiger partial charge in [-0.25, -0.2) is 8.42 Å². The second-order valence-electron chi connectivity index (χ2n) is 8.29. The maximum atomic E-state index is 13.5. The number of benzene rings is 3. The van der Waals surface area contributed by atoms with Crippen LogP contribution in [0.15, 0.2) is 83.8 Å². The molecule has 166 valence electrons. The fourth-order valence-electron chi connectivity index (χ4n) is 4.24. The number of aryl methyl sites for hydroxylation is 2. The molecular formula is C26H28N2O3S. The summed E-state index contributed by atoms with van der Waals surface area (Å²) in [5.74, 6) is -0.293. The maximum Gasteiger partial charge on any atom is 0.243 e. The first kappa shape index (κ1) is 22.2. The van der Waals surface area contributed by atoms with Gasteiger partial charge < -0.3 is 5.32 Å². The molecule has 5 nitrogen and oxygen atoms in total. The second-order valence-corrected chi connectivity index (χ2v) is 10.2. The molecule has 1 aliphatic carbocycles. The number of sulfonamides is 1. The minimum atomic E-state index is -3.85. The molecule has 0 unspecified atom stereocenters. The number of rotatable bonds is 7. The third-order valence-electron chi connectivity index (χ3n) is 5.85. The van der Waals surface area contributed by atoms with Crippen molar-refractivity contribution in [2.75, 3.05) is 6.54 Å². The van der Waals surface area contributed by atoms with Gasteiger partial charge in [0.1, 0.15) is 0 Å². The molecule has 0 fully saturated rings. The van der Waals surface area contributed by atoms with Crippen molar-refractivity contribution in [2.24, 2.45) is 0 Å². The number of carbonyl (C=O) groups is 1. The van der Waals surface area contributed by atoms with Gasteiger partial charge in [-0.1, -0.05) is 66.7 Å². The zero-order valence-corrected chi connectivity index (χ0v) is 19.0. The Bertz CT molecular complexity index is 1190. The van der Waals surface area contributed by atoms with Crippen molar-refractivity contribution in [2.45, 2.75) is 43.7 Å². The van der Waals surface area contributed by atoms with Gasteiger partial charge in [0, 0.05) is 6.54 Å². The second kappa shape index (κ2) is 9.67. The van der Waals surface area contributed by atoms with Crippen molar-refractivity contribution in [1.82, 2.24) is 9.62 Å². The average molecular weight is 449 g/mol. The fraction of sp³-hybridized carbons (Fsp3) is 0.269. The number of fused-ring (bicyclic) bond motifs is 1. The highest BCUT2D eigenvalue weighted by Gasteiger charge is 2.29. The molecule has 0 spiro atoms. The van der Waals surface area contributed by atoms with Crippen LogP contribution in [0.1, 0.15) is 41.1 Å². The van der Waals surface area contributed by atoms with Gasteiger partial charge in [0.2, 0.25) is 15.9 Å². The molecular weight excluding hydrogens is 420 g/mol. The topological polar surface area (TPSA) is 66.5 Å². The SMILES string of the molecule is Cc1cccc(S(=O)(=O)N(CC(=O)N[C@@H]2CCCc3ccccc32)Cc2ccccc2)c1. The summed E-state index contributed by atoms with van der Waals surface area (Å²) in [4.78, 5) is 13.2. The summed E-state index contributed by atoms with van der Waals surface area (Å²) >= 11 is 0. The number of amides is 1. The number of carbonyl (C=O) groups excluding carboxylic acids is 1. The molecule has 1 aliphatic rings. The summed E-state index contributed by atoms with van der Waals surface area (Å²) in [5.41, 5.74) is 4.06. The number of nitrogens with zero attached hydrogens (tertiary/aromatic N) is 1. The number of hydrogen-bond acceptors (Lipinski definition) is 3. The third-order valence-corrected chi connectivity index (χ3v) is 7.64. The molecule has 1 atom stereocenters. The van der Waals surface area contributed by atoms with Crippen molar-refractivity contribution >= 4 is 15.9 Å². The van der Waals surface area contributed by atoms with Gasteiger partial charge in [0.15, 0.2) is 0 Å².